The molecule has 0 spiro atoms. The molecule has 1 aliphatic rings. The highest BCUT2D eigenvalue weighted by Gasteiger charge is 2.21. The van der Waals surface area contributed by atoms with Crippen LogP contribution in [0.5, 0.6) is 11.5 Å². The summed E-state index contributed by atoms with van der Waals surface area (Å²) in [5.41, 5.74) is 0.151. The van der Waals surface area contributed by atoms with E-state index in [1.165, 1.54) is 0 Å². The summed E-state index contributed by atoms with van der Waals surface area (Å²) in [5.74, 6) is 0.762. The van der Waals surface area contributed by atoms with Gasteiger partial charge in [0.05, 0.1) is 18.2 Å². The quantitative estimate of drug-likeness (QED) is 0.833. The van der Waals surface area contributed by atoms with Crippen molar-refractivity contribution in [3.63, 3.8) is 0 Å². The van der Waals surface area contributed by atoms with Gasteiger partial charge in [0.25, 0.3) is 0 Å². The first-order valence-electron chi connectivity index (χ1n) is 8.51. The number of carbonyl (C=O) groups excluding carboxylic acids is 2. The number of amides is 2. The molecule has 1 aliphatic heterocycles. The number of nitrogens with one attached hydrogen (secondary N) is 2. The lowest BCUT2D eigenvalue weighted by Gasteiger charge is -2.21. The van der Waals surface area contributed by atoms with Crippen LogP contribution < -0.4 is 20.1 Å². The van der Waals surface area contributed by atoms with E-state index in [4.69, 9.17) is 25.8 Å². The van der Waals surface area contributed by atoms with Gasteiger partial charge in [-0.15, -0.1) is 0 Å². The molecule has 0 aromatic heterocycles. The summed E-state index contributed by atoms with van der Waals surface area (Å²) in [6.45, 7) is 8.20. The van der Waals surface area contributed by atoms with Crippen molar-refractivity contribution in [3.05, 3.63) is 22.7 Å². The maximum atomic E-state index is 12.2. The van der Waals surface area contributed by atoms with Crippen molar-refractivity contribution in [1.29, 1.82) is 0 Å². The molecule has 0 aliphatic carbocycles. The zero-order chi connectivity index (χ0) is 19.3. The molecule has 0 unspecified atom stereocenters. The molecule has 2 N–H and O–H groups in total. The number of alkyl carbamates (subject to hydrolysis) is 1. The number of fused-ring (bicyclic) bond motifs is 1. The fraction of sp³-hybridized carbons (Fsp3) is 0.556. The third kappa shape index (κ3) is 5.98. The minimum Gasteiger partial charge on any atom is -0.489 e. The smallest absolute Gasteiger partial charge is 0.408 e. The van der Waals surface area contributed by atoms with Crippen LogP contribution in [0.1, 0.15) is 39.7 Å². The maximum Gasteiger partial charge on any atom is 0.408 e. The topological polar surface area (TPSA) is 85.9 Å². The van der Waals surface area contributed by atoms with E-state index in [2.05, 4.69) is 10.6 Å². The van der Waals surface area contributed by atoms with Gasteiger partial charge in [-0.05, 0) is 45.4 Å². The van der Waals surface area contributed by atoms with Crippen LogP contribution in [-0.4, -0.2) is 36.9 Å². The molecule has 1 aromatic carbocycles. The van der Waals surface area contributed by atoms with E-state index >= 15 is 0 Å². The van der Waals surface area contributed by atoms with E-state index < -0.39 is 17.7 Å². The van der Waals surface area contributed by atoms with Crippen LogP contribution >= 0.6 is 11.6 Å². The highest BCUT2D eigenvalue weighted by molar-refractivity contribution is 6.32. The second-order valence-electron chi connectivity index (χ2n) is 7.04. The normalized spacial score (nSPS) is 14.8. The molecule has 7 nitrogen and oxygen atoms in total. The SMILES string of the molecule is C[C@@H](NC(=O)OC(C)(C)C)C(=O)NCc1cc(Cl)c2c(c1)OCCCO2. The van der Waals surface area contributed by atoms with Gasteiger partial charge in [0.15, 0.2) is 11.5 Å². The van der Waals surface area contributed by atoms with Gasteiger partial charge in [0.1, 0.15) is 11.6 Å². The second kappa shape index (κ2) is 8.49. The molecule has 144 valence electrons. The summed E-state index contributed by atoms with van der Waals surface area (Å²) >= 11 is 6.24. The lowest BCUT2D eigenvalue weighted by atomic mass is 10.2. The van der Waals surface area contributed by atoms with Crippen LogP contribution in [0.25, 0.3) is 0 Å². The van der Waals surface area contributed by atoms with Crippen LogP contribution in [0.4, 0.5) is 4.79 Å². The van der Waals surface area contributed by atoms with Gasteiger partial charge in [0, 0.05) is 13.0 Å². The van der Waals surface area contributed by atoms with E-state index in [-0.39, 0.29) is 12.5 Å². The Morgan fingerprint density at radius 3 is 2.65 bits per heavy atom. The number of halogens is 1. The van der Waals surface area contributed by atoms with Gasteiger partial charge in [0.2, 0.25) is 5.91 Å². The number of carbonyl (C=O) groups is 2. The minimum absolute atomic E-state index is 0.246. The van der Waals surface area contributed by atoms with Crippen LogP contribution in [0, 0.1) is 0 Å². The van der Waals surface area contributed by atoms with Crippen LogP contribution in [0.3, 0.4) is 0 Å². The molecular formula is C18H25ClN2O5. The Balaban J connectivity index is 1.91. The van der Waals surface area contributed by atoms with Crippen molar-refractivity contribution in [3.8, 4) is 11.5 Å². The number of hydrogen-bond donors (Lipinski definition) is 2. The van der Waals surface area contributed by atoms with Crippen LogP contribution in [-0.2, 0) is 16.1 Å². The first-order valence-corrected chi connectivity index (χ1v) is 8.89. The fourth-order valence-corrected chi connectivity index (χ4v) is 2.57. The average molecular weight is 385 g/mol. The van der Waals surface area contributed by atoms with Crippen LogP contribution in [0.15, 0.2) is 12.1 Å². The van der Waals surface area contributed by atoms with E-state index in [0.717, 1.165) is 12.0 Å². The molecular weight excluding hydrogens is 360 g/mol. The molecule has 2 rings (SSSR count). The van der Waals surface area contributed by atoms with Crippen molar-refractivity contribution >= 4 is 23.6 Å². The third-order valence-corrected chi connectivity index (χ3v) is 3.74. The summed E-state index contributed by atoms with van der Waals surface area (Å²) in [6, 6.07) is 2.78. The first kappa shape index (κ1) is 20.2. The van der Waals surface area contributed by atoms with E-state index in [1.807, 2.05) is 0 Å². The van der Waals surface area contributed by atoms with Gasteiger partial charge in [-0.3, -0.25) is 4.79 Å². The second-order valence-corrected chi connectivity index (χ2v) is 7.45. The number of ether oxygens (including phenoxy) is 3. The summed E-state index contributed by atoms with van der Waals surface area (Å²) < 4.78 is 16.3. The lowest BCUT2D eigenvalue weighted by molar-refractivity contribution is -0.122. The first-order chi connectivity index (χ1) is 12.2. The Bertz CT molecular complexity index is 672. The van der Waals surface area contributed by atoms with E-state index in [0.29, 0.717) is 29.7 Å². The summed E-state index contributed by atoms with van der Waals surface area (Å²) in [4.78, 5) is 23.9. The maximum absolute atomic E-state index is 12.2. The van der Waals surface area contributed by atoms with Gasteiger partial charge in [-0.25, -0.2) is 4.79 Å². The molecule has 1 heterocycles. The highest BCUT2D eigenvalue weighted by atomic mass is 35.5. The molecule has 0 saturated heterocycles. The van der Waals surface area contributed by atoms with Crippen molar-refractivity contribution in [1.82, 2.24) is 10.6 Å². The molecule has 0 radical (unpaired) electrons. The van der Waals surface area contributed by atoms with Crippen molar-refractivity contribution < 1.29 is 23.8 Å². The summed E-state index contributed by atoms with van der Waals surface area (Å²) in [6.07, 6.45) is 0.143. The molecule has 1 atom stereocenters. The Kier molecular flexibility index (Phi) is 6.58. The number of hydrogen-bond acceptors (Lipinski definition) is 5. The minimum atomic E-state index is -0.735. The van der Waals surface area contributed by atoms with Crippen molar-refractivity contribution in [2.75, 3.05) is 13.2 Å². The van der Waals surface area contributed by atoms with Gasteiger partial charge < -0.3 is 24.8 Å². The molecule has 0 saturated carbocycles. The number of rotatable bonds is 4. The lowest BCUT2D eigenvalue weighted by Crippen LogP contribution is -2.46. The predicted octanol–water partition coefficient (Wildman–Crippen LogP) is 3.03. The Morgan fingerprint density at radius 2 is 1.96 bits per heavy atom. The zero-order valence-corrected chi connectivity index (χ0v) is 16.2. The molecule has 1 aromatic rings. The molecule has 2 amide bonds. The average Bonchev–Trinajstić information content (AvgIpc) is 2.76. The summed E-state index contributed by atoms with van der Waals surface area (Å²) in [5, 5.41) is 5.69. The van der Waals surface area contributed by atoms with Gasteiger partial charge in [-0.2, -0.15) is 0 Å². The van der Waals surface area contributed by atoms with Crippen LogP contribution in [0.2, 0.25) is 5.02 Å². The zero-order valence-electron chi connectivity index (χ0n) is 15.5. The Hall–Kier alpha value is -2.15. The highest BCUT2D eigenvalue weighted by Crippen LogP contribution is 2.37. The Morgan fingerprint density at radius 1 is 1.27 bits per heavy atom. The van der Waals surface area contributed by atoms with Crippen molar-refractivity contribution in [2.24, 2.45) is 0 Å². The van der Waals surface area contributed by atoms with Gasteiger partial charge in [-0.1, -0.05) is 11.6 Å². The van der Waals surface area contributed by atoms with E-state index in [1.54, 1.807) is 39.8 Å². The largest absolute Gasteiger partial charge is 0.489 e. The predicted molar refractivity (Wildman–Crippen MR) is 97.7 cm³/mol. The molecule has 26 heavy (non-hydrogen) atoms. The van der Waals surface area contributed by atoms with E-state index in [9.17, 15) is 9.59 Å². The number of benzene rings is 1. The molecule has 0 bridgehead atoms. The third-order valence-electron chi connectivity index (χ3n) is 3.46. The Labute approximate surface area is 158 Å². The molecule has 0 fully saturated rings. The van der Waals surface area contributed by atoms with Crippen molar-refractivity contribution in [2.45, 2.75) is 52.3 Å². The standard InChI is InChI=1S/C18H25ClN2O5/c1-11(21-17(23)26-18(2,3)4)16(22)20-10-12-8-13(19)15-14(9-12)24-6-5-7-25-15/h8-9,11H,5-7,10H2,1-4H3,(H,20,22)(H,21,23)/t11-/m1/s1. The fourth-order valence-electron chi connectivity index (χ4n) is 2.28. The van der Waals surface area contributed by atoms with Gasteiger partial charge >= 0.3 is 6.09 Å². The monoisotopic (exact) mass is 384 g/mol. The summed E-state index contributed by atoms with van der Waals surface area (Å²) in [7, 11) is 0. The molecule has 8 heteroatoms.